The number of halogens is 2. The van der Waals surface area contributed by atoms with Crippen molar-refractivity contribution < 1.29 is 21.9 Å². The van der Waals surface area contributed by atoms with Crippen molar-refractivity contribution in [3.05, 3.63) is 65.7 Å². The van der Waals surface area contributed by atoms with E-state index in [2.05, 4.69) is 4.72 Å². The van der Waals surface area contributed by atoms with E-state index in [-0.39, 0.29) is 24.7 Å². The zero-order valence-electron chi connectivity index (χ0n) is 12.3. The van der Waals surface area contributed by atoms with Crippen LogP contribution in [-0.2, 0) is 16.4 Å². The topological polar surface area (TPSA) is 55.4 Å². The molecule has 0 saturated heterocycles. The highest BCUT2D eigenvalue weighted by molar-refractivity contribution is 7.89. The zero-order valence-corrected chi connectivity index (χ0v) is 13.2. The van der Waals surface area contributed by atoms with Crippen LogP contribution in [0.1, 0.15) is 5.56 Å². The molecule has 0 spiro atoms. The molecule has 4 nitrogen and oxygen atoms in total. The summed E-state index contributed by atoms with van der Waals surface area (Å²) in [5.74, 6) is -1.68. The molecular formula is C16H17F2NO3S. The number of rotatable bonds is 8. The quantitative estimate of drug-likeness (QED) is 0.751. The van der Waals surface area contributed by atoms with Gasteiger partial charge in [-0.3, -0.25) is 0 Å². The molecule has 2 aromatic rings. The normalized spacial score (nSPS) is 11.4. The van der Waals surface area contributed by atoms with Gasteiger partial charge in [-0.05, 0) is 24.1 Å². The van der Waals surface area contributed by atoms with Gasteiger partial charge in [-0.25, -0.2) is 21.9 Å². The summed E-state index contributed by atoms with van der Waals surface area (Å²) >= 11 is 0. The smallest absolute Gasteiger partial charge is 0.212 e. The highest BCUT2D eigenvalue weighted by Gasteiger charge is 2.10. The van der Waals surface area contributed by atoms with Gasteiger partial charge in [-0.2, -0.15) is 0 Å². The van der Waals surface area contributed by atoms with Gasteiger partial charge >= 0.3 is 0 Å². The molecule has 124 valence electrons. The third-order valence-corrected chi connectivity index (χ3v) is 4.46. The van der Waals surface area contributed by atoms with Crippen molar-refractivity contribution in [2.75, 3.05) is 18.9 Å². The molecule has 2 rings (SSSR count). The number of sulfonamides is 1. The Morgan fingerprint density at radius 1 is 1.04 bits per heavy atom. The lowest BCUT2D eigenvalue weighted by molar-refractivity contribution is 0.305. The Morgan fingerprint density at radius 3 is 2.48 bits per heavy atom. The van der Waals surface area contributed by atoms with Crippen molar-refractivity contribution in [3.63, 3.8) is 0 Å². The summed E-state index contributed by atoms with van der Waals surface area (Å²) in [6.45, 7) is -0.0406. The Bertz CT molecular complexity index is 736. The predicted octanol–water partition coefficient (Wildman–Crippen LogP) is 2.51. The number of ether oxygens (including phenoxy) is 1. The van der Waals surface area contributed by atoms with Crippen LogP contribution in [0.4, 0.5) is 8.78 Å². The lowest BCUT2D eigenvalue weighted by atomic mass is 10.2. The Labute approximate surface area is 134 Å². The van der Waals surface area contributed by atoms with Gasteiger partial charge in [0.1, 0.15) is 12.4 Å². The average molecular weight is 341 g/mol. The molecule has 2 aromatic carbocycles. The molecule has 0 fully saturated rings. The molecular weight excluding hydrogens is 324 g/mol. The molecule has 0 aliphatic rings. The van der Waals surface area contributed by atoms with E-state index in [1.54, 1.807) is 0 Å². The molecule has 0 amide bonds. The van der Waals surface area contributed by atoms with Crippen LogP contribution in [0.25, 0.3) is 0 Å². The minimum absolute atomic E-state index is 0.00788. The van der Waals surface area contributed by atoms with E-state index >= 15 is 0 Å². The Morgan fingerprint density at radius 2 is 1.78 bits per heavy atom. The fourth-order valence-electron chi connectivity index (χ4n) is 1.92. The molecule has 0 saturated carbocycles. The fourth-order valence-corrected chi connectivity index (χ4v) is 2.96. The van der Waals surface area contributed by atoms with Crippen molar-refractivity contribution in [1.29, 1.82) is 0 Å². The maximum Gasteiger partial charge on any atom is 0.212 e. The van der Waals surface area contributed by atoms with Crippen molar-refractivity contribution in [3.8, 4) is 5.75 Å². The minimum atomic E-state index is -3.43. The molecule has 0 aromatic heterocycles. The molecule has 23 heavy (non-hydrogen) atoms. The molecule has 7 heteroatoms. The molecule has 1 N–H and O–H groups in total. The van der Waals surface area contributed by atoms with E-state index in [9.17, 15) is 17.2 Å². The van der Waals surface area contributed by atoms with Crippen molar-refractivity contribution in [2.24, 2.45) is 0 Å². The number of nitrogens with one attached hydrogen (secondary N) is 1. The number of benzene rings is 2. The number of hydrogen-bond acceptors (Lipinski definition) is 3. The van der Waals surface area contributed by atoms with E-state index in [1.165, 1.54) is 0 Å². The van der Waals surface area contributed by atoms with Crippen LogP contribution < -0.4 is 9.46 Å². The lowest BCUT2D eigenvalue weighted by Gasteiger charge is -2.09. The third kappa shape index (κ3) is 5.96. The summed E-state index contributed by atoms with van der Waals surface area (Å²) in [7, 11) is -3.43. The van der Waals surface area contributed by atoms with Crippen molar-refractivity contribution >= 4 is 10.0 Å². The molecule has 0 aliphatic heterocycles. The Kier molecular flexibility index (Phi) is 6.06. The first kappa shape index (κ1) is 17.4. The predicted molar refractivity (Wildman–Crippen MR) is 83.8 cm³/mol. The van der Waals surface area contributed by atoms with Crippen LogP contribution >= 0.6 is 0 Å². The molecule has 0 heterocycles. The first-order valence-electron chi connectivity index (χ1n) is 7.05. The second kappa shape index (κ2) is 8.03. The maximum atomic E-state index is 13.3. The third-order valence-electron chi connectivity index (χ3n) is 3.08. The van der Waals surface area contributed by atoms with Gasteiger partial charge in [-0.1, -0.05) is 30.3 Å². The summed E-state index contributed by atoms with van der Waals surface area (Å²) in [5, 5.41) is 0. The van der Waals surface area contributed by atoms with Crippen LogP contribution in [0.15, 0.2) is 48.5 Å². The molecule has 0 bridgehead atoms. The summed E-state index contributed by atoms with van der Waals surface area (Å²) in [5.41, 5.74) is 0.933. The summed E-state index contributed by atoms with van der Waals surface area (Å²) in [6, 6.07) is 12.2. The lowest BCUT2D eigenvalue weighted by Crippen LogP contribution is -2.31. The molecule has 0 radical (unpaired) electrons. The van der Waals surface area contributed by atoms with Gasteiger partial charge in [0.05, 0.1) is 5.75 Å². The monoisotopic (exact) mass is 341 g/mol. The van der Waals surface area contributed by atoms with Gasteiger partial charge < -0.3 is 4.74 Å². The van der Waals surface area contributed by atoms with E-state index in [4.69, 9.17) is 4.74 Å². The van der Waals surface area contributed by atoms with E-state index < -0.39 is 21.7 Å². The zero-order chi connectivity index (χ0) is 16.7. The maximum absolute atomic E-state index is 13.3. The van der Waals surface area contributed by atoms with Gasteiger partial charge in [0.2, 0.25) is 10.0 Å². The Hall–Kier alpha value is -1.99. The summed E-state index contributed by atoms with van der Waals surface area (Å²) in [6.07, 6.45) is 0.406. The van der Waals surface area contributed by atoms with Gasteiger partial charge in [0.25, 0.3) is 0 Å². The Balaban J connectivity index is 1.74. The van der Waals surface area contributed by atoms with Crippen LogP contribution in [0.3, 0.4) is 0 Å². The minimum Gasteiger partial charge on any atom is -0.489 e. The first-order valence-corrected chi connectivity index (χ1v) is 8.70. The molecule has 0 unspecified atom stereocenters. The van der Waals surface area contributed by atoms with Gasteiger partial charge in [0.15, 0.2) is 11.6 Å². The van der Waals surface area contributed by atoms with Crippen molar-refractivity contribution in [1.82, 2.24) is 4.72 Å². The SMILES string of the molecule is O=S(=O)(CCc1ccccc1)NCCOc1ccc(F)cc1F. The fraction of sp³-hybridized carbons (Fsp3) is 0.250. The van der Waals surface area contributed by atoms with E-state index in [1.807, 2.05) is 30.3 Å². The van der Waals surface area contributed by atoms with Gasteiger partial charge in [-0.15, -0.1) is 0 Å². The van der Waals surface area contributed by atoms with E-state index in [0.29, 0.717) is 12.5 Å². The van der Waals surface area contributed by atoms with Crippen LogP contribution in [-0.4, -0.2) is 27.3 Å². The number of aryl methyl sites for hydroxylation is 1. The second-order valence-electron chi connectivity index (χ2n) is 4.87. The number of hydrogen-bond donors (Lipinski definition) is 1. The van der Waals surface area contributed by atoms with Crippen molar-refractivity contribution in [2.45, 2.75) is 6.42 Å². The largest absolute Gasteiger partial charge is 0.489 e. The van der Waals surface area contributed by atoms with Crippen LogP contribution in [0, 0.1) is 11.6 Å². The standard InChI is InChI=1S/C16H17F2NO3S/c17-14-6-7-16(15(18)12-14)22-10-9-19-23(20,21)11-8-13-4-2-1-3-5-13/h1-7,12,19H,8-11H2. The van der Waals surface area contributed by atoms with E-state index in [0.717, 1.165) is 17.7 Å². The van der Waals surface area contributed by atoms with Crippen LogP contribution in [0.5, 0.6) is 5.75 Å². The van der Waals surface area contributed by atoms with Crippen LogP contribution in [0.2, 0.25) is 0 Å². The second-order valence-corrected chi connectivity index (χ2v) is 6.80. The summed E-state index contributed by atoms with van der Waals surface area (Å²) in [4.78, 5) is 0. The first-order chi connectivity index (χ1) is 11.0. The average Bonchev–Trinajstić information content (AvgIpc) is 2.52. The van der Waals surface area contributed by atoms with Gasteiger partial charge in [0, 0.05) is 12.6 Å². The summed E-state index contributed by atoms with van der Waals surface area (Å²) < 4.78 is 57.2. The molecule has 0 aliphatic carbocycles. The molecule has 0 atom stereocenters. The highest BCUT2D eigenvalue weighted by Crippen LogP contribution is 2.17. The highest BCUT2D eigenvalue weighted by atomic mass is 32.2.